The molecule has 0 atom stereocenters. The van der Waals surface area contributed by atoms with E-state index in [2.05, 4.69) is 16.9 Å². The fraction of sp³-hybridized carbons (Fsp3) is 0.150. The number of amides is 1. The average Bonchev–Trinajstić information content (AvgIpc) is 3.17. The Bertz CT molecular complexity index is 1040. The Morgan fingerprint density at radius 2 is 1.96 bits per heavy atom. The van der Waals surface area contributed by atoms with Crippen LogP contribution in [0.5, 0.6) is 5.88 Å². The topological polar surface area (TPSA) is 77.5 Å². The van der Waals surface area contributed by atoms with Crippen molar-refractivity contribution < 1.29 is 19.1 Å². The molecule has 138 valence electrons. The van der Waals surface area contributed by atoms with E-state index in [-0.39, 0.29) is 17.4 Å². The van der Waals surface area contributed by atoms with Crippen LogP contribution < -0.4 is 10.1 Å². The highest BCUT2D eigenvalue weighted by Gasteiger charge is 2.22. The third-order valence-corrected chi connectivity index (χ3v) is 4.70. The quantitative estimate of drug-likeness (QED) is 0.663. The molecule has 0 unspecified atom stereocenters. The molecule has 0 fully saturated rings. The molecule has 2 heterocycles. The van der Waals surface area contributed by atoms with Crippen LogP contribution in [-0.4, -0.2) is 31.1 Å². The molecule has 7 heteroatoms. The van der Waals surface area contributed by atoms with Gasteiger partial charge < -0.3 is 14.8 Å². The van der Waals surface area contributed by atoms with E-state index in [1.165, 1.54) is 25.6 Å². The van der Waals surface area contributed by atoms with Crippen molar-refractivity contribution in [1.82, 2.24) is 4.98 Å². The van der Waals surface area contributed by atoms with Crippen molar-refractivity contribution in [2.24, 2.45) is 0 Å². The van der Waals surface area contributed by atoms with Gasteiger partial charge in [0.15, 0.2) is 0 Å². The molecule has 0 radical (unpaired) electrons. The molecule has 3 aromatic rings. The molecule has 0 aliphatic rings. The number of rotatable bonds is 5. The van der Waals surface area contributed by atoms with Gasteiger partial charge in [-0.1, -0.05) is 24.3 Å². The Morgan fingerprint density at radius 3 is 2.56 bits per heavy atom. The maximum absolute atomic E-state index is 13.0. The zero-order chi connectivity index (χ0) is 19.6. The summed E-state index contributed by atoms with van der Waals surface area (Å²) < 4.78 is 10.0. The summed E-state index contributed by atoms with van der Waals surface area (Å²) in [6.45, 7) is 5.78. The Labute approximate surface area is 160 Å². The van der Waals surface area contributed by atoms with E-state index in [4.69, 9.17) is 9.47 Å². The van der Waals surface area contributed by atoms with Gasteiger partial charge >= 0.3 is 5.97 Å². The lowest BCUT2D eigenvalue weighted by atomic mass is 9.97. The minimum Gasteiger partial charge on any atom is -0.480 e. The van der Waals surface area contributed by atoms with Crippen LogP contribution in [0.25, 0.3) is 16.5 Å². The second-order valence-corrected chi connectivity index (χ2v) is 6.62. The van der Waals surface area contributed by atoms with Crippen LogP contribution in [0.15, 0.2) is 41.6 Å². The van der Waals surface area contributed by atoms with Crippen molar-refractivity contribution in [3.8, 4) is 5.88 Å². The number of esters is 1. The van der Waals surface area contributed by atoms with Gasteiger partial charge in [0.05, 0.1) is 31.0 Å². The summed E-state index contributed by atoms with van der Waals surface area (Å²) in [5, 5.41) is 7.21. The van der Waals surface area contributed by atoms with Crippen molar-refractivity contribution in [1.29, 1.82) is 0 Å². The molecule has 0 saturated carbocycles. The Morgan fingerprint density at radius 1 is 1.19 bits per heavy atom. The van der Waals surface area contributed by atoms with E-state index in [1.807, 2.05) is 23.8 Å². The second-order valence-electron chi connectivity index (χ2n) is 5.84. The third kappa shape index (κ3) is 3.54. The third-order valence-electron chi connectivity index (χ3n) is 4.02. The highest BCUT2D eigenvalue weighted by atomic mass is 32.1. The smallest absolute Gasteiger partial charge is 0.343 e. The number of methoxy groups -OCH3 is 2. The number of hydrogen-bond acceptors (Lipinski definition) is 6. The summed E-state index contributed by atoms with van der Waals surface area (Å²) in [5.74, 6) is -0.773. The van der Waals surface area contributed by atoms with E-state index < -0.39 is 5.97 Å². The number of thiophene rings is 1. The van der Waals surface area contributed by atoms with Crippen LogP contribution in [0.2, 0.25) is 0 Å². The summed E-state index contributed by atoms with van der Waals surface area (Å²) in [6.07, 6.45) is 0. The number of nitrogens with zero attached hydrogens (tertiary/aromatic N) is 1. The molecule has 1 amide bonds. The van der Waals surface area contributed by atoms with Crippen molar-refractivity contribution in [2.45, 2.75) is 6.92 Å². The normalized spacial score (nSPS) is 10.5. The van der Waals surface area contributed by atoms with E-state index in [0.29, 0.717) is 27.7 Å². The van der Waals surface area contributed by atoms with Gasteiger partial charge in [0.2, 0.25) is 5.88 Å². The number of carbonyl (C=O) groups excluding carboxylic acids is 2. The lowest BCUT2D eigenvalue weighted by Gasteiger charge is -2.14. The number of allylic oxidation sites excluding steroid dienone is 1. The maximum Gasteiger partial charge on any atom is 0.343 e. The van der Waals surface area contributed by atoms with Crippen molar-refractivity contribution in [3.05, 3.63) is 58.3 Å². The van der Waals surface area contributed by atoms with E-state index in [1.54, 1.807) is 18.2 Å². The lowest BCUT2D eigenvalue weighted by Crippen LogP contribution is -2.15. The number of pyridine rings is 1. The SMILES string of the molecule is C=C(C)c1ccc2cc(C(=O)OC)c(OC)nc2c1C(=O)Nc1ccsc1. The highest BCUT2D eigenvalue weighted by Crippen LogP contribution is 2.30. The molecule has 0 aliphatic heterocycles. The van der Waals surface area contributed by atoms with Gasteiger partial charge in [-0.2, -0.15) is 11.3 Å². The first-order valence-electron chi connectivity index (χ1n) is 8.05. The van der Waals surface area contributed by atoms with Crippen molar-refractivity contribution in [2.75, 3.05) is 19.5 Å². The van der Waals surface area contributed by atoms with Crippen molar-refractivity contribution >= 4 is 45.4 Å². The molecular weight excluding hydrogens is 364 g/mol. The van der Waals surface area contributed by atoms with Crippen molar-refractivity contribution in [3.63, 3.8) is 0 Å². The number of benzene rings is 1. The number of fused-ring (bicyclic) bond motifs is 1. The number of ether oxygens (including phenoxy) is 2. The minimum absolute atomic E-state index is 0.0952. The fourth-order valence-corrected chi connectivity index (χ4v) is 3.34. The van der Waals surface area contributed by atoms with Crippen LogP contribution in [0.4, 0.5) is 5.69 Å². The lowest BCUT2D eigenvalue weighted by molar-refractivity contribution is 0.0596. The predicted octanol–water partition coefficient (Wildman–Crippen LogP) is 4.38. The summed E-state index contributed by atoms with van der Waals surface area (Å²) in [7, 11) is 2.70. The largest absolute Gasteiger partial charge is 0.480 e. The summed E-state index contributed by atoms with van der Waals surface area (Å²) >= 11 is 1.49. The van der Waals surface area contributed by atoms with Gasteiger partial charge in [-0.3, -0.25) is 4.79 Å². The Hall–Kier alpha value is -3.19. The van der Waals surface area contributed by atoms with E-state index in [9.17, 15) is 9.59 Å². The zero-order valence-corrected chi connectivity index (χ0v) is 16.0. The molecule has 0 aliphatic carbocycles. The number of carbonyl (C=O) groups is 2. The molecule has 3 rings (SSSR count). The minimum atomic E-state index is -0.561. The molecule has 0 spiro atoms. The molecule has 6 nitrogen and oxygen atoms in total. The van der Waals surface area contributed by atoms with Gasteiger partial charge in [-0.05, 0) is 30.0 Å². The summed E-state index contributed by atoms with van der Waals surface area (Å²) in [4.78, 5) is 29.4. The van der Waals surface area contributed by atoms with E-state index >= 15 is 0 Å². The van der Waals surface area contributed by atoms with Crippen LogP contribution >= 0.6 is 11.3 Å². The van der Waals surface area contributed by atoms with Gasteiger partial charge in [-0.25, -0.2) is 9.78 Å². The molecule has 1 aromatic carbocycles. The van der Waals surface area contributed by atoms with Gasteiger partial charge in [0.25, 0.3) is 5.91 Å². The average molecular weight is 382 g/mol. The maximum atomic E-state index is 13.0. The summed E-state index contributed by atoms with van der Waals surface area (Å²) in [5.41, 5.74) is 3.10. The molecule has 0 saturated heterocycles. The molecule has 1 N–H and O–H groups in total. The number of nitrogens with one attached hydrogen (secondary N) is 1. The number of aromatic nitrogens is 1. The first-order valence-corrected chi connectivity index (χ1v) is 9.00. The molecule has 0 bridgehead atoms. The Balaban J connectivity index is 2.24. The fourth-order valence-electron chi connectivity index (χ4n) is 2.75. The second kappa shape index (κ2) is 7.59. The van der Waals surface area contributed by atoms with Crippen LogP contribution in [0.1, 0.15) is 33.2 Å². The highest BCUT2D eigenvalue weighted by molar-refractivity contribution is 7.08. The van der Waals surface area contributed by atoms with E-state index in [0.717, 1.165) is 5.57 Å². The predicted molar refractivity (Wildman–Crippen MR) is 107 cm³/mol. The Kier molecular flexibility index (Phi) is 5.23. The number of anilines is 1. The molecular formula is C20H18N2O4S. The molecule has 2 aromatic heterocycles. The zero-order valence-electron chi connectivity index (χ0n) is 15.2. The molecule has 27 heavy (non-hydrogen) atoms. The first-order chi connectivity index (χ1) is 13.0. The van der Waals surface area contributed by atoms with Gasteiger partial charge in [-0.15, -0.1) is 0 Å². The summed E-state index contributed by atoms with van der Waals surface area (Å²) in [6, 6.07) is 7.01. The van der Waals surface area contributed by atoms with Crippen LogP contribution in [0, 0.1) is 0 Å². The van der Waals surface area contributed by atoms with Crippen LogP contribution in [-0.2, 0) is 4.74 Å². The van der Waals surface area contributed by atoms with Gasteiger partial charge in [0, 0.05) is 10.8 Å². The van der Waals surface area contributed by atoms with Gasteiger partial charge in [0.1, 0.15) is 5.56 Å². The standard InChI is InChI=1S/C20H18N2O4S/c1-11(2)14-6-5-12-9-15(20(24)26-4)19(25-3)22-17(12)16(14)18(23)21-13-7-8-27-10-13/h5-10H,1H2,2-4H3,(H,21,23). The van der Waals surface area contributed by atoms with Crippen LogP contribution in [0.3, 0.4) is 0 Å². The first kappa shape index (κ1) is 18.6. The monoisotopic (exact) mass is 382 g/mol. The number of hydrogen-bond donors (Lipinski definition) is 1.